The Kier molecular flexibility index (Phi) is 4.70. The van der Waals surface area contributed by atoms with E-state index < -0.39 is 0 Å². The van der Waals surface area contributed by atoms with Crippen LogP contribution >= 0.6 is 22.9 Å². The second-order valence-electron chi connectivity index (χ2n) is 5.92. The third-order valence-electron chi connectivity index (χ3n) is 4.27. The highest BCUT2D eigenvalue weighted by molar-refractivity contribution is 7.12. The molecule has 4 aromatic rings. The van der Waals surface area contributed by atoms with Gasteiger partial charge in [-0.05, 0) is 46.3 Å². The van der Waals surface area contributed by atoms with Gasteiger partial charge in [0.15, 0.2) is 0 Å². The van der Waals surface area contributed by atoms with Crippen LogP contribution in [-0.2, 0) is 0 Å². The fraction of sp³-hybridized carbons (Fsp3) is 0. The molecule has 0 spiro atoms. The minimum atomic E-state index is -0.0364. The topological polar surface area (TPSA) is 17.1 Å². The van der Waals surface area contributed by atoms with Gasteiger partial charge >= 0.3 is 0 Å². The lowest BCUT2D eigenvalue weighted by atomic mass is 9.97. The molecule has 0 fully saturated rings. The first-order valence-electron chi connectivity index (χ1n) is 8.26. The zero-order valence-electron chi connectivity index (χ0n) is 13.9. The van der Waals surface area contributed by atoms with E-state index in [1.165, 1.54) is 11.3 Å². The third-order valence-corrected chi connectivity index (χ3v) is 5.51. The summed E-state index contributed by atoms with van der Waals surface area (Å²) in [6.45, 7) is 0. The van der Waals surface area contributed by atoms with E-state index in [1.807, 2.05) is 53.9 Å². The highest BCUT2D eigenvalue weighted by Gasteiger charge is 2.18. The van der Waals surface area contributed by atoms with Crippen LogP contribution in [0.3, 0.4) is 0 Å². The fourth-order valence-corrected chi connectivity index (χ4v) is 4.07. The van der Waals surface area contributed by atoms with E-state index in [1.54, 1.807) is 12.1 Å². The predicted molar refractivity (Wildman–Crippen MR) is 110 cm³/mol. The Morgan fingerprint density at radius 2 is 1.42 bits per heavy atom. The van der Waals surface area contributed by atoms with Crippen molar-refractivity contribution in [3.05, 3.63) is 106 Å². The van der Waals surface area contributed by atoms with Crippen molar-refractivity contribution in [2.45, 2.75) is 0 Å². The van der Waals surface area contributed by atoms with Gasteiger partial charge in [0.2, 0.25) is 5.78 Å². The maximum atomic E-state index is 13.0. The molecule has 0 radical (unpaired) electrons. The lowest BCUT2D eigenvalue weighted by molar-refractivity contribution is 0.104. The van der Waals surface area contributed by atoms with Gasteiger partial charge in [0, 0.05) is 11.1 Å². The van der Waals surface area contributed by atoms with Gasteiger partial charge in [-0.2, -0.15) is 0 Å². The molecular weight excluding hydrogens is 360 g/mol. The zero-order valence-corrected chi connectivity index (χ0v) is 15.4. The normalized spacial score (nSPS) is 10.7. The number of ketones is 1. The molecule has 126 valence electrons. The summed E-state index contributed by atoms with van der Waals surface area (Å²) in [5.41, 5.74) is 4.80. The molecule has 0 unspecified atom stereocenters. The smallest absolute Gasteiger partial charge is 0.205 e. The third kappa shape index (κ3) is 3.22. The second-order valence-corrected chi connectivity index (χ2v) is 7.24. The van der Waals surface area contributed by atoms with Crippen LogP contribution in [0.15, 0.2) is 90.3 Å². The average molecular weight is 375 g/mol. The first-order chi connectivity index (χ1) is 12.7. The van der Waals surface area contributed by atoms with Crippen LogP contribution in [0, 0.1) is 0 Å². The zero-order chi connectivity index (χ0) is 17.9. The van der Waals surface area contributed by atoms with Gasteiger partial charge in [-0.1, -0.05) is 72.3 Å². The lowest BCUT2D eigenvalue weighted by Gasteiger charge is -2.08. The van der Waals surface area contributed by atoms with Crippen LogP contribution in [-0.4, -0.2) is 5.78 Å². The monoisotopic (exact) mass is 374 g/mol. The van der Waals surface area contributed by atoms with Crippen molar-refractivity contribution in [2.75, 3.05) is 0 Å². The SMILES string of the molecule is O=C(c1ccccc1Cl)c1sccc1-c1cccc(-c2ccccc2)c1. The van der Waals surface area contributed by atoms with E-state index in [4.69, 9.17) is 11.6 Å². The van der Waals surface area contributed by atoms with Gasteiger partial charge < -0.3 is 0 Å². The van der Waals surface area contributed by atoms with Crippen LogP contribution < -0.4 is 0 Å². The first-order valence-corrected chi connectivity index (χ1v) is 9.52. The Balaban J connectivity index is 1.76. The number of carbonyl (C=O) groups excluding carboxylic acids is 1. The van der Waals surface area contributed by atoms with Gasteiger partial charge in [-0.3, -0.25) is 4.79 Å². The highest BCUT2D eigenvalue weighted by Crippen LogP contribution is 2.33. The minimum absolute atomic E-state index is 0.0364. The van der Waals surface area contributed by atoms with Crippen molar-refractivity contribution in [3.8, 4) is 22.3 Å². The maximum absolute atomic E-state index is 13.0. The number of halogens is 1. The van der Waals surface area contributed by atoms with Crippen molar-refractivity contribution < 1.29 is 4.79 Å². The standard InChI is InChI=1S/C23H15ClOS/c24-21-12-5-4-11-20(21)22(25)23-19(13-14-26-23)18-10-6-9-17(15-18)16-7-2-1-3-8-16/h1-15H. The molecule has 0 amide bonds. The molecule has 1 aromatic heterocycles. The van der Waals surface area contributed by atoms with Crippen LogP contribution in [0.4, 0.5) is 0 Å². The number of carbonyl (C=O) groups is 1. The number of hydrogen-bond acceptors (Lipinski definition) is 2. The van der Waals surface area contributed by atoms with Crippen LogP contribution in [0.5, 0.6) is 0 Å². The largest absolute Gasteiger partial charge is 0.288 e. The van der Waals surface area contributed by atoms with Gasteiger partial charge in [-0.15, -0.1) is 11.3 Å². The lowest BCUT2D eigenvalue weighted by Crippen LogP contribution is -2.01. The second kappa shape index (κ2) is 7.28. The molecular formula is C23H15ClOS. The Morgan fingerprint density at radius 1 is 0.731 bits per heavy atom. The van der Waals surface area contributed by atoms with Crippen molar-refractivity contribution >= 4 is 28.7 Å². The molecule has 4 rings (SSSR count). The summed E-state index contributed by atoms with van der Waals surface area (Å²) in [5.74, 6) is -0.0364. The molecule has 3 aromatic carbocycles. The molecule has 0 aliphatic rings. The Labute approximate surface area is 161 Å². The summed E-state index contributed by atoms with van der Waals surface area (Å²) in [5, 5.41) is 2.43. The number of hydrogen-bond donors (Lipinski definition) is 0. The van der Waals surface area contributed by atoms with Crippen molar-refractivity contribution in [1.82, 2.24) is 0 Å². The first kappa shape index (κ1) is 16.8. The maximum Gasteiger partial charge on any atom is 0.205 e. The van der Waals surface area contributed by atoms with Gasteiger partial charge in [0.1, 0.15) is 0 Å². The quantitative estimate of drug-likeness (QED) is 0.352. The van der Waals surface area contributed by atoms with Crippen molar-refractivity contribution in [3.63, 3.8) is 0 Å². The summed E-state index contributed by atoms with van der Waals surface area (Å²) >= 11 is 7.67. The summed E-state index contributed by atoms with van der Waals surface area (Å²) in [7, 11) is 0. The minimum Gasteiger partial charge on any atom is -0.288 e. The molecule has 0 aliphatic heterocycles. The summed E-state index contributed by atoms with van der Waals surface area (Å²) in [6.07, 6.45) is 0. The number of rotatable bonds is 4. The number of benzene rings is 3. The molecule has 1 nitrogen and oxygen atoms in total. The molecule has 1 heterocycles. The molecule has 3 heteroatoms. The Morgan fingerprint density at radius 3 is 2.23 bits per heavy atom. The summed E-state index contributed by atoms with van der Waals surface area (Å²) in [6, 6.07) is 27.7. The molecule has 26 heavy (non-hydrogen) atoms. The van der Waals surface area contributed by atoms with Crippen LogP contribution in [0.2, 0.25) is 5.02 Å². The molecule has 0 N–H and O–H groups in total. The molecule has 0 bridgehead atoms. The number of thiophene rings is 1. The van der Waals surface area contributed by atoms with E-state index in [-0.39, 0.29) is 5.78 Å². The van der Waals surface area contributed by atoms with E-state index >= 15 is 0 Å². The van der Waals surface area contributed by atoms with Crippen LogP contribution in [0.25, 0.3) is 22.3 Å². The van der Waals surface area contributed by atoms with E-state index in [9.17, 15) is 4.79 Å². The molecule has 0 aliphatic carbocycles. The molecule has 0 saturated heterocycles. The Hall–Kier alpha value is -2.68. The van der Waals surface area contributed by atoms with Gasteiger partial charge in [-0.25, -0.2) is 0 Å². The fourth-order valence-electron chi connectivity index (χ4n) is 2.98. The van der Waals surface area contributed by atoms with E-state index in [0.717, 1.165) is 22.3 Å². The van der Waals surface area contributed by atoms with Crippen molar-refractivity contribution in [2.24, 2.45) is 0 Å². The predicted octanol–water partition coefficient (Wildman–Crippen LogP) is 6.97. The average Bonchev–Trinajstić information content (AvgIpc) is 3.18. The van der Waals surface area contributed by atoms with E-state index in [0.29, 0.717) is 15.5 Å². The van der Waals surface area contributed by atoms with Crippen molar-refractivity contribution in [1.29, 1.82) is 0 Å². The summed E-state index contributed by atoms with van der Waals surface area (Å²) < 4.78 is 0. The summed E-state index contributed by atoms with van der Waals surface area (Å²) in [4.78, 5) is 13.7. The van der Waals surface area contributed by atoms with Crippen LogP contribution in [0.1, 0.15) is 15.2 Å². The highest BCUT2D eigenvalue weighted by atomic mass is 35.5. The molecule has 0 saturated carbocycles. The molecule has 0 atom stereocenters. The van der Waals surface area contributed by atoms with E-state index in [2.05, 4.69) is 24.3 Å². The Bertz CT molecular complexity index is 1070. The van der Waals surface area contributed by atoms with Gasteiger partial charge in [0.25, 0.3) is 0 Å². The van der Waals surface area contributed by atoms with Gasteiger partial charge in [0.05, 0.1) is 9.90 Å².